The zero-order valence-electron chi connectivity index (χ0n) is 7.01. The van der Waals surface area contributed by atoms with E-state index in [-0.39, 0.29) is 0 Å². The monoisotopic (exact) mass is 159 g/mol. The molecular formula is C10H11N2+. The van der Waals surface area contributed by atoms with Gasteiger partial charge in [0.15, 0.2) is 6.34 Å². The summed E-state index contributed by atoms with van der Waals surface area (Å²) in [6.45, 7) is 0. The minimum absolute atomic E-state index is 0.668. The molecule has 1 aromatic rings. The fourth-order valence-electron chi connectivity index (χ4n) is 1.29. The zero-order valence-corrected chi connectivity index (χ0v) is 7.01. The number of hydrogen-bond acceptors (Lipinski definition) is 1. The van der Waals surface area contributed by atoms with Crippen molar-refractivity contribution in [3.8, 4) is 0 Å². The molecular weight excluding hydrogens is 148 g/mol. The van der Waals surface area contributed by atoms with E-state index in [9.17, 15) is 0 Å². The van der Waals surface area contributed by atoms with E-state index >= 15 is 0 Å². The standard InChI is InChI=1S/C10H11N2/c1-12(8-7-11-9-12)10-5-3-2-4-6-10/h2-9H,1H3/q+1. The fraction of sp³-hybridized carbons (Fsp3) is 0.100. The van der Waals surface area contributed by atoms with Crippen LogP contribution in [-0.4, -0.2) is 13.4 Å². The first-order chi connectivity index (χ1) is 5.81. The van der Waals surface area contributed by atoms with Gasteiger partial charge in [-0.3, -0.25) is 0 Å². The normalized spacial score (nSPS) is 26.4. The zero-order chi connectivity index (χ0) is 8.44. The molecule has 1 unspecified atom stereocenters. The molecule has 0 aliphatic carbocycles. The summed E-state index contributed by atoms with van der Waals surface area (Å²) in [4.78, 5) is 4.08. The summed E-state index contributed by atoms with van der Waals surface area (Å²) < 4.78 is 0.668. The van der Waals surface area contributed by atoms with Gasteiger partial charge >= 0.3 is 0 Å². The molecule has 0 N–H and O–H groups in total. The Balaban J connectivity index is 2.43. The van der Waals surface area contributed by atoms with E-state index in [4.69, 9.17) is 0 Å². The second-order valence-electron chi connectivity index (χ2n) is 3.05. The van der Waals surface area contributed by atoms with Crippen molar-refractivity contribution in [1.82, 2.24) is 4.48 Å². The number of aliphatic imine (C=N–C) groups is 1. The molecule has 2 rings (SSSR count). The van der Waals surface area contributed by atoms with Crippen molar-refractivity contribution in [2.75, 3.05) is 7.05 Å². The molecule has 1 aromatic carbocycles. The highest BCUT2D eigenvalue weighted by Crippen LogP contribution is 2.21. The predicted molar refractivity (Wildman–Crippen MR) is 51.8 cm³/mol. The SMILES string of the molecule is C[N+]1(c2ccccc2)C=CN=C1. The highest BCUT2D eigenvalue weighted by Gasteiger charge is 2.21. The summed E-state index contributed by atoms with van der Waals surface area (Å²) in [7, 11) is 2.10. The average Bonchev–Trinajstić information content (AvgIpc) is 2.55. The minimum atomic E-state index is 0.668. The Morgan fingerprint density at radius 3 is 2.50 bits per heavy atom. The van der Waals surface area contributed by atoms with Crippen molar-refractivity contribution in [2.45, 2.75) is 0 Å². The molecule has 0 bridgehead atoms. The van der Waals surface area contributed by atoms with Crippen molar-refractivity contribution < 1.29 is 0 Å². The molecule has 0 fully saturated rings. The lowest BCUT2D eigenvalue weighted by atomic mass is 10.3. The molecule has 12 heavy (non-hydrogen) atoms. The van der Waals surface area contributed by atoms with Gasteiger partial charge in [-0.2, -0.15) is 0 Å². The first-order valence-electron chi connectivity index (χ1n) is 3.95. The van der Waals surface area contributed by atoms with Crippen LogP contribution in [0.1, 0.15) is 0 Å². The quantitative estimate of drug-likeness (QED) is 0.557. The van der Waals surface area contributed by atoms with Crippen LogP contribution in [0.2, 0.25) is 0 Å². The number of rotatable bonds is 1. The molecule has 1 aliphatic rings. The van der Waals surface area contributed by atoms with Crippen molar-refractivity contribution in [3.63, 3.8) is 0 Å². The maximum absolute atomic E-state index is 4.08. The molecule has 1 atom stereocenters. The van der Waals surface area contributed by atoms with Crippen molar-refractivity contribution >= 4 is 12.0 Å². The van der Waals surface area contributed by atoms with E-state index in [1.54, 1.807) is 0 Å². The third kappa shape index (κ3) is 1.06. The molecule has 0 spiro atoms. The van der Waals surface area contributed by atoms with E-state index in [0.29, 0.717) is 4.48 Å². The number of hydrogen-bond donors (Lipinski definition) is 0. The average molecular weight is 159 g/mol. The van der Waals surface area contributed by atoms with Crippen molar-refractivity contribution in [2.24, 2.45) is 4.99 Å². The van der Waals surface area contributed by atoms with E-state index in [1.165, 1.54) is 5.69 Å². The molecule has 2 heteroatoms. The molecule has 2 nitrogen and oxygen atoms in total. The summed E-state index contributed by atoms with van der Waals surface area (Å²) in [5.74, 6) is 0. The van der Waals surface area contributed by atoms with E-state index in [2.05, 4.69) is 30.4 Å². The van der Waals surface area contributed by atoms with Crippen LogP contribution in [0.4, 0.5) is 5.69 Å². The molecule has 0 amide bonds. The largest absolute Gasteiger partial charge is 0.224 e. The van der Waals surface area contributed by atoms with E-state index < -0.39 is 0 Å². The van der Waals surface area contributed by atoms with Crippen LogP contribution in [0.5, 0.6) is 0 Å². The Morgan fingerprint density at radius 1 is 1.17 bits per heavy atom. The van der Waals surface area contributed by atoms with Gasteiger partial charge in [0.25, 0.3) is 0 Å². The van der Waals surface area contributed by atoms with Crippen LogP contribution in [0.15, 0.2) is 47.7 Å². The topological polar surface area (TPSA) is 12.4 Å². The van der Waals surface area contributed by atoms with Crippen LogP contribution >= 0.6 is 0 Å². The van der Waals surface area contributed by atoms with E-state index in [1.807, 2.05) is 30.7 Å². The van der Waals surface area contributed by atoms with Gasteiger partial charge in [0.1, 0.15) is 11.9 Å². The molecule has 0 radical (unpaired) electrons. The van der Waals surface area contributed by atoms with Gasteiger partial charge in [-0.15, -0.1) is 0 Å². The summed E-state index contributed by atoms with van der Waals surface area (Å²) in [5, 5.41) is 0. The van der Waals surface area contributed by atoms with Crippen LogP contribution in [0, 0.1) is 0 Å². The number of quaternary nitrogens is 1. The van der Waals surface area contributed by atoms with Gasteiger partial charge in [0.2, 0.25) is 0 Å². The van der Waals surface area contributed by atoms with Crippen LogP contribution in [0.3, 0.4) is 0 Å². The fourth-order valence-corrected chi connectivity index (χ4v) is 1.29. The van der Waals surface area contributed by atoms with Gasteiger partial charge in [0.05, 0.1) is 13.2 Å². The van der Waals surface area contributed by atoms with Gasteiger partial charge < -0.3 is 0 Å². The second kappa shape index (κ2) is 2.57. The maximum atomic E-state index is 4.08. The number of benzene rings is 1. The smallest absolute Gasteiger partial charge is 0.199 e. The molecule has 1 aliphatic heterocycles. The van der Waals surface area contributed by atoms with Crippen molar-refractivity contribution in [3.05, 3.63) is 42.7 Å². The van der Waals surface area contributed by atoms with Crippen LogP contribution in [-0.2, 0) is 0 Å². The summed E-state index contributed by atoms with van der Waals surface area (Å²) in [6, 6.07) is 10.3. The van der Waals surface area contributed by atoms with Gasteiger partial charge in [0, 0.05) is 0 Å². The van der Waals surface area contributed by atoms with E-state index in [0.717, 1.165) is 0 Å². The highest BCUT2D eigenvalue weighted by atomic mass is 15.4. The third-order valence-corrected chi connectivity index (χ3v) is 2.08. The molecule has 60 valence electrons. The Kier molecular flexibility index (Phi) is 1.55. The highest BCUT2D eigenvalue weighted by molar-refractivity contribution is 5.77. The summed E-state index contributed by atoms with van der Waals surface area (Å²) in [6.07, 6.45) is 5.79. The molecule has 0 saturated heterocycles. The Labute approximate surface area is 72.1 Å². The van der Waals surface area contributed by atoms with Crippen molar-refractivity contribution in [1.29, 1.82) is 0 Å². The third-order valence-electron chi connectivity index (χ3n) is 2.08. The lowest BCUT2D eigenvalue weighted by Gasteiger charge is -2.20. The Morgan fingerprint density at radius 2 is 1.92 bits per heavy atom. The first-order valence-corrected chi connectivity index (χ1v) is 3.95. The minimum Gasteiger partial charge on any atom is -0.224 e. The van der Waals surface area contributed by atoms with Crippen LogP contribution < -0.4 is 4.48 Å². The van der Waals surface area contributed by atoms with Gasteiger partial charge in [-0.25, -0.2) is 9.48 Å². The molecule has 0 aromatic heterocycles. The lowest BCUT2D eigenvalue weighted by molar-refractivity contribution is 0.685. The lowest BCUT2D eigenvalue weighted by Crippen LogP contribution is -2.35. The Hall–Kier alpha value is -1.41. The summed E-state index contributed by atoms with van der Waals surface area (Å²) in [5.41, 5.74) is 1.23. The van der Waals surface area contributed by atoms with Gasteiger partial charge in [-0.1, -0.05) is 18.2 Å². The predicted octanol–water partition coefficient (Wildman–Crippen LogP) is 2.14. The van der Waals surface area contributed by atoms with Gasteiger partial charge in [-0.05, 0) is 12.1 Å². The molecule has 0 saturated carbocycles. The van der Waals surface area contributed by atoms with Crippen LogP contribution in [0.25, 0.3) is 0 Å². The second-order valence-corrected chi connectivity index (χ2v) is 3.05. The Bertz CT molecular complexity index is 313. The number of nitrogens with zero attached hydrogens (tertiary/aromatic N) is 2. The molecule has 1 heterocycles. The summed E-state index contributed by atoms with van der Waals surface area (Å²) >= 11 is 0. The maximum Gasteiger partial charge on any atom is 0.199 e. The first kappa shape index (κ1) is 7.25. The number of para-hydroxylation sites is 1.